The minimum Gasteiger partial charge on any atom is -0.497 e. The summed E-state index contributed by atoms with van der Waals surface area (Å²) in [5.74, 6) is -94.7. The van der Waals surface area contributed by atoms with Crippen LogP contribution >= 0.6 is 10.3 Å². The highest BCUT2D eigenvalue weighted by Gasteiger charge is 2.99. The molecule has 0 radical (unpaired) electrons. The minimum atomic E-state index is -9.57. The van der Waals surface area contributed by atoms with Crippen molar-refractivity contribution < 1.29 is 115 Å². The summed E-state index contributed by atoms with van der Waals surface area (Å²) in [5.41, 5.74) is 0. The molecule has 0 amide bonds. The van der Waals surface area contributed by atoms with Gasteiger partial charge in [0.2, 0.25) is 0 Å². The lowest BCUT2D eigenvalue weighted by molar-refractivity contribution is -0.477. The van der Waals surface area contributed by atoms with Crippen LogP contribution < -0.4 is 4.74 Å². The number of carbonyl (C=O) groups excluding carboxylic acids is 1. The standard InChI is InChI=1S/C31H17F23O3S/c1-56-16-12-14-19(15-13-16)58(17-8-4-2-5-9-17,18-10-6-3-7-11-18)57-20(55)21(32,33)22(34,35)23(36,37)24(38,39)25(40,41)26(42,43)27(44,45)28(46,47)29(48,49)30(50,51)31(52,53)54/h2-15H,1H3. The fraction of sp³-hybridized carbons (Fsp3) is 0.387. The number of rotatable bonds is 15. The van der Waals surface area contributed by atoms with Gasteiger partial charge in [-0.25, -0.2) is 4.79 Å². The molecule has 0 heterocycles. The topological polar surface area (TPSA) is 35.5 Å². The van der Waals surface area contributed by atoms with Gasteiger partial charge in [0.15, 0.2) is 0 Å². The van der Waals surface area contributed by atoms with Crippen LogP contribution in [0.5, 0.6) is 5.75 Å². The molecule has 58 heavy (non-hydrogen) atoms. The van der Waals surface area contributed by atoms with Crippen molar-refractivity contribution in [2.24, 2.45) is 0 Å². The van der Waals surface area contributed by atoms with Crippen molar-refractivity contribution in [1.29, 1.82) is 0 Å². The normalized spacial score (nSPS) is 15.2. The lowest BCUT2D eigenvalue weighted by Gasteiger charge is -2.45. The zero-order valence-corrected chi connectivity index (χ0v) is 28.2. The van der Waals surface area contributed by atoms with E-state index in [0.717, 1.165) is 79.9 Å². The van der Waals surface area contributed by atoms with Gasteiger partial charge < -0.3 is 8.92 Å². The van der Waals surface area contributed by atoms with Gasteiger partial charge in [-0.2, -0.15) is 101 Å². The zero-order valence-electron chi connectivity index (χ0n) is 27.4. The molecule has 0 atom stereocenters. The first kappa shape index (κ1) is 48.0. The number of benzene rings is 3. The Kier molecular flexibility index (Phi) is 12.0. The van der Waals surface area contributed by atoms with Gasteiger partial charge in [0.25, 0.3) is 0 Å². The van der Waals surface area contributed by atoms with Gasteiger partial charge in [0.05, 0.1) is 7.11 Å². The van der Waals surface area contributed by atoms with Gasteiger partial charge in [-0.15, -0.1) is 0 Å². The number of hydrogen-bond donors (Lipinski definition) is 0. The average molecular weight is 906 g/mol. The van der Waals surface area contributed by atoms with Crippen LogP contribution in [0.15, 0.2) is 99.6 Å². The molecule has 3 nitrogen and oxygen atoms in total. The van der Waals surface area contributed by atoms with Crippen molar-refractivity contribution in [3.8, 4) is 5.75 Å². The van der Waals surface area contributed by atoms with E-state index in [9.17, 15) is 97.0 Å². The maximum absolute atomic E-state index is 15.3. The van der Waals surface area contributed by atoms with E-state index in [4.69, 9.17) is 4.74 Å². The highest BCUT2D eigenvalue weighted by Crippen LogP contribution is 2.71. The molecule has 0 bridgehead atoms. The molecule has 0 aromatic heterocycles. The van der Waals surface area contributed by atoms with E-state index in [1.807, 2.05) is 0 Å². The molecule has 0 fully saturated rings. The largest absolute Gasteiger partial charge is 0.497 e. The van der Waals surface area contributed by atoms with E-state index < -0.39 is 96.4 Å². The molecule has 0 aliphatic rings. The molecular weight excluding hydrogens is 889 g/mol. The molecule has 0 saturated carbocycles. The number of ether oxygens (including phenoxy) is 1. The minimum absolute atomic E-state index is 0.0536. The van der Waals surface area contributed by atoms with Gasteiger partial charge in [0, 0.05) is 14.7 Å². The van der Waals surface area contributed by atoms with Crippen LogP contribution in [0.3, 0.4) is 0 Å². The van der Waals surface area contributed by atoms with Crippen molar-refractivity contribution in [2.75, 3.05) is 7.11 Å². The monoisotopic (exact) mass is 906 g/mol. The van der Waals surface area contributed by atoms with Gasteiger partial charge >= 0.3 is 71.4 Å². The van der Waals surface area contributed by atoms with Crippen molar-refractivity contribution in [1.82, 2.24) is 0 Å². The summed E-state index contributed by atoms with van der Waals surface area (Å²) >= 11 is 0. The van der Waals surface area contributed by atoms with Crippen LogP contribution in [0.25, 0.3) is 0 Å². The van der Waals surface area contributed by atoms with Crippen LogP contribution in [0.4, 0.5) is 101 Å². The van der Waals surface area contributed by atoms with Crippen molar-refractivity contribution in [2.45, 2.75) is 80.1 Å². The van der Waals surface area contributed by atoms with Crippen LogP contribution in [-0.2, 0) is 8.98 Å². The van der Waals surface area contributed by atoms with Crippen LogP contribution in [-0.4, -0.2) is 78.5 Å². The Hall–Kier alpha value is -4.33. The molecule has 0 aliphatic heterocycles. The third kappa shape index (κ3) is 6.52. The van der Waals surface area contributed by atoms with E-state index in [0.29, 0.717) is 0 Å². The van der Waals surface area contributed by atoms with Crippen LogP contribution in [0, 0.1) is 0 Å². The Morgan fingerprint density at radius 2 is 0.672 bits per heavy atom. The van der Waals surface area contributed by atoms with E-state index in [1.165, 1.54) is 12.1 Å². The van der Waals surface area contributed by atoms with Crippen molar-refractivity contribution in [3.63, 3.8) is 0 Å². The van der Waals surface area contributed by atoms with Crippen LogP contribution in [0.2, 0.25) is 0 Å². The van der Waals surface area contributed by atoms with Gasteiger partial charge in [-0.1, -0.05) is 36.4 Å². The third-order valence-corrected chi connectivity index (χ3v) is 11.1. The molecule has 27 heteroatoms. The second-order valence-electron chi connectivity index (χ2n) is 11.5. The number of methoxy groups -OCH3 is 1. The molecule has 3 aromatic rings. The summed E-state index contributed by atoms with van der Waals surface area (Å²) in [7, 11) is -3.34. The number of carbonyl (C=O) groups is 1. The lowest BCUT2D eigenvalue weighted by atomic mass is 9.85. The molecule has 3 rings (SSSR count). The summed E-state index contributed by atoms with van der Waals surface area (Å²) in [6.07, 6.45) is -8.17. The molecule has 3 aromatic carbocycles. The molecular formula is C31H17F23O3S. The second-order valence-corrected chi connectivity index (χ2v) is 14.2. The summed E-state index contributed by atoms with van der Waals surface area (Å²) in [5, 5.41) is 0. The van der Waals surface area contributed by atoms with E-state index in [-0.39, 0.29) is 5.75 Å². The SMILES string of the molecule is COc1ccc(S(OC(=O)C(F)(F)C(F)(F)C(F)(F)C(F)(F)C(F)(F)C(F)(F)C(F)(F)C(F)(F)C(F)(F)C(F)(F)C(F)(F)F)(c2ccccc2)c2ccccc2)cc1. The Morgan fingerprint density at radius 1 is 0.397 bits per heavy atom. The fourth-order valence-electron chi connectivity index (χ4n) is 4.59. The highest BCUT2D eigenvalue weighted by molar-refractivity contribution is 8.30. The molecule has 0 aliphatic carbocycles. The molecule has 0 saturated heterocycles. The predicted molar refractivity (Wildman–Crippen MR) is 150 cm³/mol. The zero-order chi connectivity index (χ0) is 45.2. The summed E-state index contributed by atoms with van der Waals surface area (Å²) in [6.45, 7) is 0. The molecule has 0 N–H and O–H groups in total. The Balaban J connectivity index is 2.24. The van der Waals surface area contributed by atoms with E-state index in [1.54, 1.807) is 0 Å². The van der Waals surface area contributed by atoms with Gasteiger partial charge in [0.1, 0.15) is 5.75 Å². The Labute approximate surface area is 309 Å². The molecule has 0 unspecified atom stereocenters. The highest BCUT2D eigenvalue weighted by atomic mass is 32.3. The lowest BCUT2D eigenvalue weighted by Crippen LogP contribution is -2.78. The van der Waals surface area contributed by atoms with Crippen LogP contribution in [0.1, 0.15) is 0 Å². The average Bonchev–Trinajstić information content (AvgIpc) is 3.13. The third-order valence-electron chi connectivity index (χ3n) is 7.90. The number of halogens is 23. The summed E-state index contributed by atoms with van der Waals surface area (Å²) in [4.78, 5) is 11.4. The summed E-state index contributed by atoms with van der Waals surface area (Å²) in [6, 6.07) is 14.1. The Bertz CT molecular complexity index is 1880. The van der Waals surface area contributed by atoms with Gasteiger partial charge in [-0.05, 0) is 58.8 Å². The van der Waals surface area contributed by atoms with Crippen molar-refractivity contribution in [3.05, 3.63) is 84.9 Å². The number of alkyl halides is 23. The first-order valence-electron chi connectivity index (χ1n) is 14.5. The quantitative estimate of drug-likeness (QED) is 0.143. The predicted octanol–water partition coefficient (Wildman–Crippen LogP) is 12.4. The van der Waals surface area contributed by atoms with E-state index >= 15 is 8.78 Å². The molecule has 0 spiro atoms. The fourth-order valence-corrected chi connectivity index (χ4v) is 7.63. The Morgan fingerprint density at radius 3 is 0.966 bits per heavy atom. The maximum Gasteiger partial charge on any atom is 0.460 e. The first-order chi connectivity index (χ1) is 25.9. The number of hydrogen-bond acceptors (Lipinski definition) is 3. The van der Waals surface area contributed by atoms with E-state index in [2.05, 4.69) is 4.18 Å². The smallest absolute Gasteiger partial charge is 0.460 e. The van der Waals surface area contributed by atoms with Gasteiger partial charge in [-0.3, -0.25) is 0 Å². The first-order valence-corrected chi connectivity index (χ1v) is 16.1. The molecule has 326 valence electrons. The summed E-state index contributed by atoms with van der Waals surface area (Å²) < 4.78 is 332. The second kappa shape index (κ2) is 14.4. The van der Waals surface area contributed by atoms with Crippen molar-refractivity contribution >= 4 is 16.3 Å². The maximum atomic E-state index is 15.3.